The van der Waals surface area contributed by atoms with Crippen LogP contribution in [0.5, 0.6) is 0 Å². The van der Waals surface area contributed by atoms with E-state index in [-0.39, 0.29) is 5.91 Å². The highest BCUT2D eigenvalue weighted by Crippen LogP contribution is 2.22. The predicted molar refractivity (Wildman–Crippen MR) is 103 cm³/mol. The highest BCUT2D eigenvalue weighted by Gasteiger charge is 2.23. The molecule has 0 atom stereocenters. The summed E-state index contributed by atoms with van der Waals surface area (Å²) in [6.45, 7) is 4.98. The van der Waals surface area contributed by atoms with Crippen LogP contribution in [0, 0.1) is 12.8 Å². The molecular weight excluding hydrogens is 324 g/mol. The van der Waals surface area contributed by atoms with Crippen molar-refractivity contribution in [2.24, 2.45) is 5.92 Å². The molecule has 0 saturated carbocycles. The number of carbonyl (C=O) groups excluding carboxylic acids is 1. The molecule has 138 valence electrons. The molecule has 1 fully saturated rings. The van der Waals surface area contributed by atoms with Gasteiger partial charge in [0.25, 0.3) is 0 Å². The van der Waals surface area contributed by atoms with Crippen LogP contribution in [0.4, 0.5) is 0 Å². The highest BCUT2D eigenvalue weighted by atomic mass is 16.2. The lowest BCUT2D eigenvalue weighted by Crippen LogP contribution is -2.43. The number of piperidine rings is 1. The molecule has 1 aliphatic rings. The van der Waals surface area contributed by atoms with Crippen LogP contribution in [-0.2, 0) is 17.8 Å². The third-order valence-electron chi connectivity index (χ3n) is 5.03. The number of aromatic nitrogens is 2. The van der Waals surface area contributed by atoms with Crippen LogP contribution in [0.3, 0.4) is 0 Å². The Kier molecular flexibility index (Phi) is 6.34. The fraction of sp³-hybridized carbons (Fsp3) is 0.476. The van der Waals surface area contributed by atoms with Gasteiger partial charge in [0.05, 0.1) is 6.54 Å². The number of likely N-dealkylation sites (N-methyl/N-ethyl adjacent to an activating group) is 1. The lowest BCUT2D eigenvalue weighted by atomic mass is 9.90. The molecule has 26 heavy (non-hydrogen) atoms. The second kappa shape index (κ2) is 8.90. The Morgan fingerprint density at radius 1 is 1.23 bits per heavy atom. The maximum Gasteiger partial charge on any atom is 0.236 e. The average molecular weight is 352 g/mol. The third kappa shape index (κ3) is 5.36. The van der Waals surface area contributed by atoms with Crippen molar-refractivity contribution in [1.29, 1.82) is 0 Å². The fourth-order valence-electron chi connectivity index (χ4n) is 3.64. The zero-order valence-electron chi connectivity index (χ0n) is 15.8. The summed E-state index contributed by atoms with van der Waals surface area (Å²) >= 11 is 0. The summed E-state index contributed by atoms with van der Waals surface area (Å²) in [4.78, 5) is 25.0. The van der Waals surface area contributed by atoms with Crippen molar-refractivity contribution in [3.63, 3.8) is 0 Å². The zero-order chi connectivity index (χ0) is 18.4. The number of amides is 1. The minimum absolute atomic E-state index is 0.231. The van der Waals surface area contributed by atoms with Crippen LogP contribution >= 0.6 is 0 Å². The van der Waals surface area contributed by atoms with E-state index >= 15 is 0 Å². The Bertz CT molecular complexity index is 711. The molecule has 0 aromatic carbocycles. The van der Waals surface area contributed by atoms with E-state index in [1.165, 1.54) is 5.56 Å². The minimum atomic E-state index is 0.231. The first-order valence-electron chi connectivity index (χ1n) is 9.37. The number of hydrogen-bond donors (Lipinski definition) is 0. The number of carbonyl (C=O) groups is 1. The van der Waals surface area contributed by atoms with Gasteiger partial charge in [-0.15, -0.1) is 0 Å². The van der Waals surface area contributed by atoms with Crippen LogP contribution in [0.1, 0.15) is 29.7 Å². The van der Waals surface area contributed by atoms with Gasteiger partial charge in [0.2, 0.25) is 5.91 Å². The maximum absolute atomic E-state index is 12.6. The van der Waals surface area contributed by atoms with E-state index in [2.05, 4.69) is 27.0 Å². The molecule has 0 spiro atoms. The summed E-state index contributed by atoms with van der Waals surface area (Å²) in [6, 6.07) is 8.25. The number of likely N-dealkylation sites (tertiary alicyclic amines) is 1. The van der Waals surface area contributed by atoms with Gasteiger partial charge < -0.3 is 4.90 Å². The van der Waals surface area contributed by atoms with Gasteiger partial charge >= 0.3 is 0 Å². The Labute approximate surface area is 156 Å². The van der Waals surface area contributed by atoms with Crippen molar-refractivity contribution in [3.8, 4) is 0 Å². The largest absolute Gasteiger partial charge is 0.342 e. The Balaban J connectivity index is 1.43. The van der Waals surface area contributed by atoms with Gasteiger partial charge in [-0.2, -0.15) is 0 Å². The summed E-state index contributed by atoms with van der Waals surface area (Å²) in [5.41, 5.74) is 3.57. The summed E-state index contributed by atoms with van der Waals surface area (Å²) in [5.74, 6) is 0.892. The molecule has 3 heterocycles. The third-order valence-corrected chi connectivity index (χ3v) is 5.03. The molecule has 0 radical (unpaired) electrons. The van der Waals surface area contributed by atoms with Gasteiger partial charge in [0, 0.05) is 43.9 Å². The molecule has 2 aromatic heterocycles. The molecule has 0 bridgehead atoms. The quantitative estimate of drug-likeness (QED) is 0.802. The summed E-state index contributed by atoms with van der Waals surface area (Å²) in [6.07, 6.45) is 8.77. The Morgan fingerprint density at radius 3 is 2.73 bits per heavy atom. The molecule has 1 saturated heterocycles. The van der Waals surface area contributed by atoms with Gasteiger partial charge in [-0.25, -0.2) is 0 Å². The normalized spacial score (nSPS) is 15.4. The van der Waals surface area contributed by atoms with Crippen molar-refractivity contribution in [3.05, 3.63) is 59.7 Å². The summed E-state index contributed by atoms with van der Waals surface area (Å²) < 4.78 is 0. The first kappa shape index (κ1) is 18.5. The van der Waals surface area contributed by atoms with Gasteiger partial charge in [-0.05, 0) is 68.5 Å². The first-order chi connectivity index (χ1) is 12.6. The van der Waals surface area contributed by atoms with E-state index in [0.717, 1.165) is 50.2 Å². The van der Waals surface area contributed by atoms with E-state index < -0.39 is 0 Å². The van der Waals surface area contributed by atoms with Crippen molar-refractivity contribution in [2.45, 2.75) is 32.7 Å². The minimum Gasteiger partial charge on any atom is -0.342 e. The van der Waals surface area contributed by atoms with Gasteiger partial charge in [-0.1, -0.05) is 6.07 Å². The number of pyridine rings is 2. The van der Waals surface area contributed by atoms with Crippen molar-refractivity contribution in [2.75, 3.05) is 26.7 Å². The monoisotopic (exact) mass is 352 g/mol. The lowest BCUT2D eigenvalue weighted by Gasteiger charge is -2.33. The van der Waals surface area contributed by atoms with E-state index in [9.17, 15) is 4.79 Å². The first-order valence-corrected chi connectivity index (χ1v) is 9.37. The van der Waals surface area contributed by atoms with E-state index in [0.29, 0.717) is 12.5 Å². The lowest BCUT2D eigenvalue weighted by molar-refractivity contribution is -0.133. The maximum atomic E-state index is 12.6. The standard InChI is InChI=1S/C21H28N4O/c1-17-12-19(5-9-23-17)13-18-6-10-25(11-7-18)21(26)16-24(2)15-20-4-3-8-22-14-20/h3-5,8-9,12,14,18H,6-7,10-11,13,15-16H2,1-2H3. The van der Waals surface area contributed by atoms with Crippen molar-refractivity contribution < 1.29 is 4.79 Å². The number of hydrogen-bond acceptors (Lipinski definition) is 4. The predicted octanol–water partition coefficient (Wildman–Crippen LogP) is 2.70. The van der Waals surface area contributed by atoms with E-state index in [4.69, 9.17) is 0 Å². The molecule has 1 aliphatic heterocycles. The molecule has 0 unspecified atom stereocenters. The van der Waals surface area contributed by atoms with E-state index in [1.54, 1.807) is 6.20 Å². The zero-order valence-corrected chi connectivity index (χ0v) is 15.8. The number of aryl methyl sites for hydroxylation is 1. The smallest absolute Gasteiger partial charge is 0.236 e. The summed E-state index contributed by atoms with van der Waals surface area (Å²) in [5, 5.41) is 0. The second-order valence-corrected chi connectivity index (χ2v) is 7.37. The van der Waals surface area contributed by atoms with Crippen LogP contribution in [-0.4, -0.2) is 52.4 Å². The van der Waals surface area contributed by atoms with Crippen molar-refractivity contribution in [1.82, 2.24) is 19.8 Å². The molecule has 0 aliphatic carbocycles. The van der Waals surface area contributed by atoms with Crippen LogP contribution in [0.15, 0.2) is 42.9 Å². The number of nitrogens with zero attached hydrogens (tertiary/aromatic N) is 4. The van der Waals surface area contributed by atoms with Crippen molar-refractivity contribution >= 4 is 5.91 Å². The average Bonchev–Trinajstić information content (AvgIpc) is 2.63. The van der Waals surface area contributed by atoms with Gasteiger partial charge in [0.15, 0.2) is 0 Å². The molecule has 5 heteroatoms. The molecule has 0 N–H and O–H groups in total. The SMILES string of the molecule is Cc1cc(CC2CCN(C(=O)CN(C)Cc3cccnc3)CC2)ccn1. The number of rotatable bonds is 6. The highest BCUT2D eigenvalue weighted by molar-refractivity contribution is 5.78. The molecule has 5 nitrogen and oxygen atoms in total. The fourth-order valence-corrected chi connectivity index (χ4v) is 3.64. The summed E-state index contributed by atoms with van der Waals surface area (Å²) in [7, 11) is 1.99. The Morgan fingerprint density at radius 2 is 2.04 bits per heavy atom. The molecule has 2 aromatic rings. The molecular formula is C21H28N4O. The molecule has 1 amide bonds. The van der Waals surface area contributed by atoms with Gasteiger partial charge in [0.1, 0.15) is 0 Å². The van der Waals surface area contributed by atoms with Crippen LogP contribution in [0.25, 0.3) is 0 Å². The molecule has 3 rings (SSSR count). The van der Waals surface area contributed by atoms with Crippen LogP contribution in [0.2, 0.25) is 0 Å². The Hall–Kier alpha value is -2.27. The second-order valence-electron chi connectivity index (χ2n) is 7.37. The van der Waals surface area contributed by atoms with E-state index in [1.807, 2.05) is 43.4 Å². The topological polar surface area (TPSA) is 49.3 Å². The van der Waals surface area contributed by atoms with Gasteiger partial charge in [-0.3, -0.25) is 19.7 Å². The van der Waals surface area contributed by atoms with Crippen LogP contribution < -0.4 is 0 Å².